The van der Waals surface area contributed by atoms with Crippen molar-refractivity contribution in [3.8, 4) is 0 Å². The van der Waals surface area contributed by atoms with Crippen LogP contribution in [0.5, 0.6) is 0 Å². The topological polar surface area (TPSA) is 47.6 Å². The first-order chi connectivity index (χ1) is 7.81. The van der Waals surface area contributed by atoms with E-state index < -0.39 is 0 Å². The van der Waals surface area contributed by atoms with Crippen LogP contribution in [0.15, 0.2) is 0 Å². The van der Waals surface area contributed by atoms with E-state index in [1.54, 1.807) is 0 Å². The van der Waals surface area contributed by atoms with E-state index >= 15 is 0 Å². The number of carbonyl (C=O) groups excluding carboxylic acids is 1. The molecule has 0 aromatic heterocycles. The van der Waals surface area contributed by atoms with Gasteiger partial charge in [-0.05, 0) is 39.0 Å². The molecule has 0 spiro atoms. The molecule has 0 radical (unpaired) electrons. The molecule has 100 valence electrons. The lowest BCUT2D eigenvalue weighted by atomic mass is 9.82. The fourth-order valence-corrected chi connectivity index (χ4v) is 1.69. The summed E-state index contributed by atoms with van der Waals surface area (Å²) in [6, 6.07) is 0. The summed E-state index contributed by atoms with van der Waals surface area (Å²) in [6.07, 6.45) is 2.01. The maximum absolute atomic E-state index is 11.6. The molecule has 1 amide bonds. The quantitative estimate of drug-likeness (QED) is 0.818. The molecule has 1 N–H and O–H groups in total. The maximum Gasteiger partial charge on any atom is 0.246 e. The average molecular weight is 243 g/mol. The van der Waals surface area contributed by atoms with Gasteiger partial charge in [-0.25, -0.2) is 0 Å². The molecule has 0 aromatic rings. The lowest BCUT2D eigenvalue weighted by Crippen LogP contribution is -2.41. The lowest BCUT2D eigenvalue weighted by Gasteiger charge is -2.33. The molecule has 1 aliphatic rings. The predicted octanol–water partition coefficient (Wildman–Crippen LogP) is 1.73. The van der Waals surface area contributed by atoms with Gasteiger partial charge in [-0.1, -0.05) is 6.92 Å². The maximum atomic E-state index is 11.6. The molecule has 0 atom stereocenters. The van der Waals surface area contributed by atoms with E-state index in [1.165, 1.54) is 0 Å². The van der Waals surface area contributed by atoms with E-state index in [0.29, 0.717) is 6.54 Å². The summed E-state index contributed by atoms with van der Waals surface area (Å²) < 4.78 is 10.8. The van der Waals surface area contributed by atoms with Crippen LogP contribution in [0.2, 0.25) is 0 Å². The Balaban J connectivity index is 2.23. The molecule has 0 unspecified atom stereocenters. The van der Waals surface area contributed by atoms with Gasteiger partial charge in [0.05, 0.1) is 5.60 Å². The first-order valence-corrected chi connectivity index (χ1v) is 6.29. The van der Waals surface area contributed by atoms with Crippen LogP contribution < -0.4 is 5.32 Å². The molecule has 1 aliphatic heterocycles. The van der Waals surface area contributed by atoms with Crippen molar-refractivity contribution in [1.82, 2.24) is 5.32 Å². The zero-order valence-corrected chi connectivity index (χ0v) is 11.5. The molecule has 0 bridgehead atoms. The van der Waals surface area contributed by atoms with Gasteiger partial charge in [-0.15, -0.1) is 0 Å². The first-order valence-electron chi connectivity index (χ1n) is 6.29. The highest BCUT2D eigenvalue weighted by Gasteiger charge is 2.27. The van der Waals surface area contributed by atoms with Crippen LogP contribution in [0, 0.1) is 5.41 Å². The Bertz CT molecular complexity index is 252. The Labute approximate surface area is 104 Å². The van der Waals surface area contributed by atoms with Crippen molar-refractivity contribution in [3.05, 3.63) is 0 Å². The second-order valence-corrected chi connectivity index (χ2v) is 6.10. The highest BCUT2D eigenvalue weighted by molar-refractivity contribution is 5.77. The van der Waals surface area contributed by atoms with E-state index in [0.717, 1.165) is 26.1 Å². The normalized spacial score (nSPS) is 20.0. The third kappa shape index (κ3) is 6.03. The molecule has 1 rings (SSSR count). The third-order valence-electron chi connectivity index (χ3n) is 3.05. The van der Waals surface area contributed by atoms with E-state index in [2.05, 4.69) is 12.2 Å². The molecular formula is C13H25NO3. The van der Waals surface area contributed by atoms with Crippen molar-refractivity contribution >= 4 is 5.91 Å². The highest BCUT2D eigenvalue weighted by Crippen LogP contribution is 2.28. The summed E-state index contributed by atoms with van der Waals surface area (Å²) in [5.41, 5.74) is -0.0877. The van der Waals surface area contributed by atoms with Gasteiger partial charge in [-0.3, -0.25) is 4.79 Å². The zero-order chi connectivity index (χ0) is 12.9. The zero-order valence-electron chi connectivity index (χ0n) is 11.5. The Morgan fingerprint density at radius 2 is 1.94 bits per heavy atom. The molecule has 4 nitrogen and oxygen atoms in total. The van der Waals surface area contributed by atoms with Crippen molar-refractivity contribution < 1.29 is 14.3 Å². The van der Waals surface area contributed by atoms with Gasteiger partial charge in [0, 0.05) is 19.8 Å². The number of nitrogens with one attached hydrogen (secondary N) is 1. The summed E-state index contributed by atoms with van der Waals surface area (Å²) in [4.78, 5) is 11.6. The van der Waals surface area contributed by atoms with Gasteiger partial charge in [0.1, 0.15) is 6.61 Å². The molecule has 0 aliphatic carbocycles. The van der Waals surface area contributed by atoms with Crippen LogP contribution in [-0.2, 0) is 14.3 Å². The van der Waals surface area contributed by atoms with Crippen molar-refractivity contribution in [3.63, 3.8) is 0 Å². The monoisotopic (exact) mass is 243 g/mol. The molecule has 4 heteroatoms. The van der Waals surface area contributed by atoms with Gasteiger partial charge in [0.2, 0.25) is 5.91 Å². The molecule has 1 heterocycles. The van der Waals surface area contributed by atoms with Gasteiger partial charge < -0.3 is 14.8 Å². The SMILES string of the molecule is CC1(CNC(=O)COC(C)(C)C)CCOCC1. The van der Waals surface area contributed by atoms with Crippen LogP contribution >= 0.6 is 0 Å². The standard InChI is InChI=1S/C13H25NO3/c1-12(2,3)17-9-11(15)14-10-13(4)5-7-16-8-6-13/h5-10H2,1-4H3,(H,14,15). The van der Waals surface area contributed by atoms with Gasteiger partial charge in [0.25, 0.3) is 0 Å². The third-order valence-corrected chi connectivity index (χ3v) is 3.05. The second kappa shape index (κ2) is 5.83. The number of rotatable bonds is 4. The van der Waals surface area contributed by atoms with Crippen LogP contribution in [0.3, 0.4) is 0 Å². The second-order valence-electron chi connectivity index (χ2n) is 6.10. The Morgan fingerprint density at radius 1 is 1.35 bits per heavy atom. The highest BCUT2D eigenvalue weighted by atomic mass is 16.5. The number of carbonyl (C=O) groups is 1. The summed E-state index contributed by atoms with van der Waals surface area (Å²) in [5.74, 6) is -0.0346. The molecule has 1 fully saturated rings. The summed E-state index contributed by atoms with van der Waals surface area (Å²) >= 11 is 0. The molecule has 1 saturated heterocycles. The minimum Gasteiger partial charge on any atom is -0.381 e. The number of amides is 1. The van der Waals surface area contributed by atoms with E-state index in [-0.39, 0.29) is 23.5 Å². The van der Waals surface area contributed by atoms with E-state index in [4.69, 9.17) is 9.47 Å². The Hall–Kier alpha value is -0.610. The fourth-order valence-electron chi connectivity index (χ4n) is 1.69. The Morgan fingerprint density at radius 3 is 2.47 bits per heavy atom. The number of hydrogen-bond acceptors (Lipinski definition) is 3. The largest absolute Gasteiger partial charge is 0.381 e. The minimum atomic E-state index is -0.264. The summed E-state index contributed by atoms with van der Waals surface area (Å²) in [6.45, 7) is 10.5. The van der Waals surface area contributed by atoms with Gasteiger partial charge in [-0.2, -0.15) is 0 Å². The first kappa shape index (κ1) is 14.5. The van der Waals surface area contributed by atoms with Crippen LogP contribution in [0.1, 0.15) is 40.5 Å². The number of ether oxygens (including phenoxy) is 2. The van der Waals surface area contributed by atoms with Crippen molar-refractivity contribution in [1.29, 1.82) is 0 Å². The minimum absolute atomic E-state index is 0.0346. The average Bonchev–Trinajstić information content (AvgIpc) is 2.24. The van der Waals surface area contributed by atoms with E-state index in [1.807, 2.05) is 20.8 Å². The smallest absolute Gasteiger partial charge is 0.246 e. The molecule has 17 heavy (non-hydrogen) atoms. The summed E-state index contributed by atoms with van der Waals surface area (Å²) in [5, 5.41) is 2.95. The van der Waals surface area contributed by atoms with Gasteiger partial charge in [0.15, 0.2) is 0 Å². The van der Waals surface area contributed by atoms with Crippen molar-refractivity contribution in [2.45, 2.75) is 46.1 Å². The van der Waals surface area contributed by atoms with Crippen LogP contribution in [0.4, 0.5) is 0 Å². The Kier molecular flexibility index (Phi) is 4.95. The van der Waals surface area contributed by atoms with Crippen molar-refractivity contribution in [2.75, 3.05) is 26.4 Å². The molecule has 0 saturated carbocycles. The van der Waals surface area contributed by atoms with Gasteiger partial charge >= 0.3 is 0 Å². The molecule has 0 aromatic carbocycles. The van der Waals surface area contributed by atoms with Crippen LogP contribution in [0.25, 0.3) is 0 Å². The number of hydrogen-bond donors (Lipinski definition) is 1. The molecular weight excluding hydrogens is 218 g/mol. The lowest BCUT2D eigenvalue weighted by molar-refractivity contribution is -0.131. The summed E-state index contributed by atoms with van der Waals surface area (Å²) in [7, 11) is 0. The predicted molar refractivity (Wildman–Crippen MR) is 66.9 cm³/mol. The van der Waals surface area contributed by atoms with Crippen molar-refractivity contribution in [2.24, 2.45) is 5.41 Å². The van der Waals surface area contributed by atoms with E-state index in [9.17, 15) is 4.79 Å². The fraction of sp³-hybridized carbons (Fsp3) is 0.923. The van der Waals surface area contributed by atoms with Crippen LogP contribution in [-0.4, -0.2) is 37.9 Å².